The molecule has 0 heterocycles. The van der Waals surface area contributed by atoms with Crippen LogP contribution in [0.1, 0.15) is 10.4 Å². The van der Waals surface area contributed by atoms with Crippen LogP contribution in [-0.2, 0) is 9.84 Å². The van der Waals surface area contributed by atoms with Crippen molar-refractivity contribution in [3.8, 4) is 11.1 Å². The fraction of sp³-hybridized carbons (Fsp3) is 0.0714. The molecule has 3 nitrogen and oxygen atoms in total. The van der Waals surface area contributed by atoms with Crippen LogP contribution in [0.3, 0.4) is 0 Å². The van der Waals surface area contributed by atoms with Gasteiger partial charge in [-0.1, -0.05) is 36.4 Å². The Balaban J connectivity index is 2.64. The van der Waals surface area contributed by atoms with Gasteiger partial charge in [-0.15, -0.1) is 0 Å². The molecule has 0 radical (unpaired) electrons. The monoisotopic (exact) mass is 260 g/mol. The molecule has 2 aromatic carbocycles. The number of carbonyl (C=O) groups excluding carboxylic acids is 1. The second-order valence-corrected chi connectivity index (χ2v) is 5.99. The Morgan fingerprint density at radius 3 is 2.17 bits per heavy atom. The Hall–Kier alpha value is -1.94. The van der Waals surface area contributed by atoms with E-state index in [0.717, 1.165) is 17.4 Å². The van der Waals surface area contributed by atoms with Crippen molar-refractivity contribution in [3.63, 3.8) is 0 Å². The SMILES string of the molecule is CS(=O)(=O)c1cc(-c2ccccc2)ccc1C=O. The number of sulfone groups is 1. The van der Waals surface area contributed by atoms with Gasteiger partial charge in [0.05, 0.1) is 4.90 Å². The minimum atomic E-state index is -3.41. The van der Waals surface area contributed by atoms with Crippen molar-refractivity contribution in [1.29, 1.82) is 0 Å². The van der Waals surface area contributed by atoms with Crippen LogP contribution in [0.5, 0.6) is 0 Å². The Morgan fingerprint density at radius 2 is 1.61 bits per heavy atom. The van der Waals surface area contributed by atoms with Crippen LogP contribution in [0, 0.1) is 0 Å². The highest BCUT2D eigenvalue weighted by molar-refractivity contribution is 7.90. The van der Waals surface area contributed by atoms with E-state index in [4.69, 9.17) is 0 Å². The van der Waals surface area contributed by atoms with Gasteiger partial charge in [-0.05, 0) is 23.3 Å². The van der Waals surface area contributed by atoms with Crippen molar-refractivity contribution >= 4 is 16.1 Å². The fourth-order valence-electron chi connectivity index (χ4n) is 1.76. The highest BCUT2D eigenvalue weighted by Gasteiger charge is 2.14. The van der Waals surface area contributed by atoms with Gasteiger partial charge in [0.1, 0.15) is 0 Å². The molecule has 0 atom stereocenters. The van der Waals surface area contributed by atoms with Gasteiger partial charge in [0.15, 0.2) is 16.1 Å². The first kappa shape index (κ1) is 12.5. The molecule has 0 N–H and O–H groups in total. The van der Waals surface area contributed by atoms with Gasteiger partial charge in [0, 0.05) is 11.8 Å². The summed E-state index contributed by atoms with van der Waals surface area (Å²) in [7, 11) is -3.41. The summed E-state index contributed by atoms with van der Waals surface area (Å²) in [6.07, 6.45) is 1.66. The van der Waals surface area contributed by atoms with Gasteiger partial charge in [-0.2, -0.15) is 0 Å². The van der Waals surface area contributed by atoms with E-state index in [9.17, 15) is 13.2 Å². The summed E-state index contributed by atoms with van der Waals surface area (Å²) in [5.41, 5.74) is 1.89. The van der Waals surface area contributed by atoms with Crippen molar-refractivity contribution < 1.29 is 13.2 Å². The molecule has 0 saturated heterocycles. The van der Waals surface area contributed by atoms with Crippen molar-refractivity contribution in [2.75, 3.05) is 6.26 Å². The van der Waals surface area contributed by atoms with Gasteiger partial charge in [-0.3, -0.25) is 4.79 Å². The van der Waals surface area contributed by atoms with Crippen molar-refractivity contribution in [2.45, 2.75) is 4.90 Å². The molecule has 0 aliphatic rings. The van der Waals surface area contributed by atoms with Crippen LogP contribution in [0.25, 0.3) is 11.1 Å². The maximum atomic E-state index is 11.6. The minimum Gasteiger partial charge on any atom is -0.298 e. The largest absolute Gasteiger partial charge is 0.298 e. The number of carbonyl (C=O) groups is 1. The molecule has 0 bridgehead atoms. The van der Waals surface area contributed by atoms with E-state index in [1.807, 2.05) is 30.3 Å². The summed E-state index contributed by atoms with van der Waals surface area (Å²) in [5.74, 6) is 0. The summed E-state index contributed by atoms with van der Waals surface area (Å²) in [4.78, 5) is 10.9. The molecular formula is C14H12O3S. The molecule has 0 amide bonds. The molecule has 0 aliphatic carbocycles. The molecule has 0 spiro atoms. The number of hydrogen-bond acceptors (Lipinski definition) is 3. The topological polar surface area (TPSA) is 51.2 Å². The van der Waals surface area contributed by atoms with E-state index in [1.54, 1.807) is 6.07 Å². The van der Waals surface area contributed by atoms with Crippen molar-refractivity contribution in [1.82, 2.24) is 0 Å². The summed E-state index contributed by atoms with van der Waals surface area (Å²) >= 11 is 0. The van der Waals surface area contributed by atoms with E-state index < -0.39 is 9.84 Å². The molecule has 0 fully saturated rings. The predicted octanol–water partition coefficient (Wildman–Crippen LogP) is 2.57. The van der Waals surface area contributed by atoms with E-state index in [0.29, 0.717) is 6.29 Å². The van der Waals surface area contributed by atoms with Crippen molar-refractivity contribution in [2.24, 2.45) is 0 Å². The van der Waals surface area contributed by atoms with E-state index in [2.05, 4.69) is 0 Å². The highest BCUT2D eigenvalue weighted by Crippen LogP contribution is 2.24. The first-order chi connectivity index (χ1) is 8.52. The van der Waals surface area contributed by atoms with E-state index in [1.165, 1.54) is 12.1 Å². The van der Waals surface area contributed by atoms with Gasteiger partial charge in [-0.25, -0.2) is 8.42 Å². The molecular weight excluding hydrogens is 248 g/mol. The zero-order valence-corrected chi connectivity index (χ0v) is 10.6. The summed E-state index contributed by atoms with van der Waals surface area (Å²) in [6, 6.07) is 14.2. The number of hydrogen-bond donors (Lipinski definition) is 0. The Kier molecular flexibility index (Phi) is 3.30. The third-order valence-corrected chi connectivity index (χ3v) is 3.80. The summed E-state index contributed by atoms with van der Waals surface area (Å²) in [5, 5.41) is 0. The third kappa shape index (κ3) is 2.49. The zero-order chi connectivity index (χ0) is 13.2. The standard InChI is InChI=1S/C14H12O3S/c1-18(16,17)14-9-12(7-8-13(14)10-15)11-5-3-2-4-6-11/h2-10H,1H3. The number of aldehydes is 1. The van der Waals surface area contributed by atoms with Crippen LogP contribution in [0.2, 0.25) is 0 Å². The lowest BCUT2D eigenvalue weighted by molar-refractivity contribution is 0.112. The zero-order valence-electron chi connectivity index (χ0n) is 9.83. The molecule has 92 valence electrons. The molecule has 18 heavy (non-hydrogen) atoms. The molecule has 0 saturated carbocycles. The lowest BCUT2D eigenvalue weighted by atomic mass is 10.0. The lowest BCUT2D eigenvalue weighted by Crippen LogP contribution is -2.02. The van der Waals surface area contributed by atoms with Gasteiger partial charge in [0.2, 0.25) is 0 Å². The van der Waals surface area contributed by atoms with E-state index in [-0.39, 0.29) is 10.5 Å². The average Bonchev–Trinajstić information content (AvgIpc) is 2.38. The first-order valence-electron chi connectivity index (χ1n) is 5.37. The number of benzene rings is 2. The van der Waals surface area contributed by atoms with Gasteiger partial charge in [0.25, 0.3) is 0 Å². The maximum Gasteiger partial charge on any atom is 0.176 e. The Bertz CT molecular complexity index is 673. The molecule has 2 rings (SSSR count). The van der Waals surface area contributed by atoms with Gasteiger partial charge >= 0.3 is 0 Å². The van der Waals surface area contributed by atoms with Gasteiger partial charge < -0.3 is 0 Å². The van der Waals surface area contributed by atoms with Crippen molar-refractivity contribution in [3.05, 3.63) is 54.1 Å². The predicted molar refractivity (Wildman–Crippen MR) is 70.4 cm³/mol. The van der Waals surface area contributed by atoms with E-state index >= 15 is 0 Å². The average molecular weight is 260 g/mol. The smallest absolute Gasteiger partial charge is 0.176 e. The highest BCUT2D eigenvalue weighted by atomic mass is 32.2. The first-order valence-corrected chi connectivity index (χ1v) is 7.26. The minimum absolute atomic E-state index is 0.0684. The Labute approximate surface area is 106 Å². The van der Waals surface area contributed by atoms with Crippen LogP contribution < -0.4 is 0 Å². The summed E-state index contributed by atoms with van der Waals surface area (Å²) < 4.78 is 23.3. The molecule has 0 unspecified atom stereocenters. The lowest BCUT2D eigenvalue weighted by Gasteiger charge is -2.06. The van der Waals surface area contributed by atoms with Crippen LogP contribution in [0.15, 0.2) is 53.4 Å². The maximum absolute atomic E-state index is 11.6. The second-order valence-electron chi connectivity index (χ2n) is 4.01. The second kappa shape index (κ2) is 4.74. The molecule has 4 heteroatoms. The molecule has 0 aromatic heterocycles. The third-order valence-electron chi connectivity index (χ3n) is 2.65. The van der Waals surface area contributed by atoms with Crippen LogP contribution in [0.4, 0.5) is 0 Å². The van der Waals surface area contributed by atoms with Crippen LogP contribution in [-0.4, -0.2) is 21.0 Å². The Morgan fingerprint density at radius 1 is 0.944 bits per heavy atom. The molecule has 0 aliphatic heterocycles. The van der Waals surface area contributed by atoms with Crippen LogP contribution >= 0.6 is 0 Å². The normalized spacial score (nSPS) is 11.2. The summed E-state index contributed by atoms with van der Waals surface area (Å²) in [6.45, 7) is 0. The quantitative estimate of drug-likeness (QED) is 0.797. The molecule has 2 aromatic rings. The fourth-order valence-corrected chi connectivity index (χ4v) is 2.65. The number of rotatable bonds is 3.